The van der Waals surface area contributed by atoms with Gasteiger partial charge in [-0.3, -0.25) is 0 Å². The van der Waals surface area contributed by atoms with Gasteiger partial charge in [0.1, 0.15) is 5.60 Å². The van der Waals surface area contributed by atoms with Crippen molar-refractivity contribution < 1.29 is 33.1 Å². The van der Waals surface area contributed by atoms with E-state index in [2.05, 4.69) is 46.0 Å². The quantitative estimate of drug-likeness (QED) is 0.365. The molecule has 1 saturated carbocycles. The molecule has 0 spiro atoms. The molecule has 4 heterocycles. The van der Waals surface area contributed by atoms with Crippen LogP contribution in [0.3, 0.4) is 0 Å². The number of benzene rings is 1. The Kier molecular flexibility index (Phi) is 9.10. The third-order valence-electron chi connectivity index (χ3n) is 10.6. The average molecular weight is 653 g/mol. The minimum atomic E-state index is -0.566. The molecule has 12 heteroatoms. The van der Waals surface area contributed by atoms with Crippen molar-refractivity contribution in [2.75, 3.05) is 19.8 Å². The van der Waals surface area contributed by atoms with Crippen molar-refractivity contribution in [3.63, 3.8) is 0 Å². The lowest BCUT2D eigenvalue weighted by atomic mass is 9.71. The molecule has 2 aromatic rings. The van der Waals surface area contributed by atoms with Crippen LogP contribution >= 0.6 is 0 Å². The van der Waals surface area contributed by atoms with Gasteiger partial charge in [-0.2, -0.15) is 5.10 Å². The van der Waals surface area contributed by atoms with Gasteiger partial charge in [-0.15, -0.1) is 0 Å². The zero-order valence-electron chi connectivity index (χ0n) is 29.7. The third kappa shape index (κ3) is 7.01. The van der Waals surface area contributed by atoms with Crippen molar-refractivity contribution in [3.8, 4) is 0 Å². The summed E-state index contributed by atoms with van der Waals surface area (Å²) >= 11 is 0. The predicted molar refractivity (Wildman–Crippen MR) is 180 cm³/mol. The molecule has 1 aromatic carbocycles. The highest BCUT2D eigenvalue weighted by molar-refractivity contribution is 6.65. The van der Waals surface area contributed by atoms with E-state index in [0.717, 1.165) is 55.1 Å². The first-order valence-corrected chi connectivity index (χ1v) is 17.5. The van der Waals surface area contributed by atoms with Crippen LogP contribution in [0.25, 0.3) is 10.9 Å². The summed E-state index contributed by atoms with van der Waals surface area (Å²) in [6.07, 6.45) is 6.67. The minimum absolute atomic E-state index is 0.0246. The number of aryl methyl sites for hydroxylation is 1. The van der Waals surface area contributed by atoms with Crippen LogP contribution in [0.1, 0.15) is 117 Å². The second kappa shape index (κ2) is 12.6. The molecule has 3 aliphatic heterocycles. The van der Waals surface area contributed by atoms with E-state index in [9.17, 15) is 9.59 Å². The van der Waals surface area contributed by atoms with Gasteiger partial charge in [0.25, 0.3) is 0 Å². The van der Waals surface area contributed by atoms with Gasteiger partial charge in [0, 0.05) is 24.6 Å². The highest BCUT2D eigenvalue weighted by Crippen LogP contribution is 2.51. The zero-order chi connectivity index (χ0) is 33.9. The van der Waals surface area contributed by atoms with Crippen LogP contribution in [0, 0.1) is 12.8 Å². The number of fused-ring (bicyclic) bond motifs is 1. The van der Waals surface area contributed by atoms with E-state index in [-0.39, 0.29) is 24.4 Å². The van der Waals surface area contributed by atoms with Crippen LogP contribution in [-0.2, 0) is 23.5 Å². The summed E-state index contributed by atoms with van der Waals surface area (Å²) in [5.41, 5.74) is 3.05. The molecule has 2 unspecified atom stereocenters. The standard InChI is InChI=1S/C35H53BN4O7/c1-21-16-27-26(19-37-40(27)28-12-10-11-14-43-28)30(36-46-34(6,7)35(8,9)47-36)29(21)25-18-23(25)13-15-44-31(41)38-24-17-22(2)39(20-24)32(42)45-33(3,4)5/h16,19,22-25,28H,10-15,17-18,20H2,1-9H3,(H,38,41)/t22-,23?,24-,25+,28?/m1/s1. The van der Waals surface area contributed by atoms with Crippen LogP contribution in [-0.4, -0.2) is 82.6 Å². The first kappa shape index (κ1) is 34.1. The number of likely N-dealkylation sites (tertiary alicyclic amines) is 1. The van der Waals surface area contributed by atoms with E-state index in [4.69, 9.17) is 28.6 Å². The molecule has 0 bridgehead atoms. The molecule has 2 amide bonds. The van der Waals surface area contributed by atoms with Crippen molar-refractivity contribution >= 4 is 35.7 Å². The summed E-state index contributed by atoms with van der Waals surface area (Å²) in [5, 5.41) is 8.84. The molecule has 5 atom stereocenters. The second-order valence-electron chi connectivity index (χ2n) is 16.0. The number of hydrogen-bond donors (Lipinski definition) is 1. The normalized spacial score (nSPS) is 28.5. The van der Waals surface area contributed by atoms with E-state index >= 15 is 0 Å². The number of nitrogens with zero attached hydrogens (tertiary/aromatic N) is 3. The number of carbonyl (C=O) groups excluding carboxylic acids is 2. The summed E-state index contributed by atoms with van der Waals surface area (Å²) in [7, 11) is -0.514. The number of rotatable bonds is 7. The monoisotopic (exact) mass is 652 g/mol. The first-order chi connectivity index (χ1) is 22.0. The van der Waals surface area contributed by atoms with Crippen LogP contribution in [0.4, 0.5) is 9.59 Å². The Morgan fingerprint density at radius 3 is 2.51 bits per heavy atom. The molecule has 4 fully saturated rings. The molecule has 1 N–H and O–H groups in total. The lowest BCUT2D eigenvalue weighted by Gasteiger charge is -2.32. The fourth-order valence-corrected chi connectivity index (χ4v) is 7.36. The molecule has 11 nitrogen and oxygen atoms in total. The Balaban J connectivity index is 1.12. The topological polar surface area (TPSA) is 113 Å². The van der Waals surface area contributed by atoms with Crippen LogP contribution < -0.4 is 10.8 Å². The Bertz CT molecular complexity index is 1480. The SMILES string of the molecule is Cc1cc2c(cnn2C2CCCCO2)c(B2OC(C)(C)C(C)(C)O2)c1[C@H]1CC1CCOC(=O)N[C@@H]1C[C@@H](C)N(C(=O)OC(C)(C)C)C1. The third-order valence-corrected chi connectivity index (χ3v) is 10.6. The molecule has 47 heavy (non-hydrogen) atoms. The van der Waals surface area contributed by atoms with E-state index in [0.29, 0.717) is 31.4 Å². The van der Waals surface area contributed by atoms with Crippen LogP contribution in [0.5, 0.6) is 0 Å². The molecule has 6 rings (SSSR count). The summed E-state index contributed by atoms with van der Waals surface area (Å²) in [6.45, 7) is 19.5. The van der Waals surface area contributed by atoms with Gasteiger partial charge < -0.3 is 33.7 Å². The van der Waals surface area contributed by atoms with Gasteiger partial charge >= 0.3 is 19.3 Å². The van der Waals surface area contributed by atoms with E-state index in [1.54, 1.807) is 4.90 Å². The highest BCUT2D eigenvalue weighted by atomic mass is 16.7. The van der Waals surface area contributed by atoms with E-state index < -0.39 is 30.0 Å². The maximum Gasteiger partial charge on any atom is 0.495 e. The lowest BCUT2D eigenvalue weighted by molar-refractivity contribution is -0.0366. The Morgan fingerprint density at radius 2 is 1.85 bits per heavy atom. The van der Waals surface area contributed by atoms with Gasteiger partial charge in [0.05, 0.1) is 35.6 Å². The number of carbonyl (C=O) groups is 2. The van der Waals surface area contributed by atoms with Crippen molar-refractivity contribution in [1.82, 2.24) is 20.0 Å². The maximum absolute atomic E-state index is 12.7. The molecular formula is C35H53BN4O7. The van der Waals surface area contributed by atoms with Gasteiger partial charge in [0.2, 0.25) is 0 Å². The molecule has 3 saturated heterocycles. The fraction of sp³-hybridized carbons (Fsp3) is 0.743. The van der Waals surface area contributed by atoms with Gasteiger partial charge in [-0.05, 0) is 135 Å². The number of ether oxygens (including phenoxy) is 3. The number of nitrogens with one attached hydrogen (secondary N) is 1. The first-order valence-electron chi connectivity index (χ1n) is 17.5. The summed E-state index contributed by atoms with van der Waals surface area (Å²) in [5.74, 6) is 0.693. The maximum atomic E-state index is 12.7. The molecule has 4 aliphatic rings. The van der Waals surface area contributed by atoms with Gasteiger partial charge in [-0.1, -0.05) is 0 Å². The van der Waals surface area contributed by atoms with Gasteiger partial charge in [0.15, 0.2) is 6.23 Å². The van der Waals surface area contributed by atoms with Crippen molar-refractivity contribution in [2.24, 2.45) is 5.92 Å². The van der Waals surface area contributed by atoms with E-state index in [1.165, 1.54) is 11.1 Å². The summed E-state index contributed by atoms with van der Waals surface area (Å²) in [6, 6.07) is 2.05. The van der Waals surface area contributed by atoms with Crippen molar-refractivity contribution in [1.29, 1.82) is 0 Å². The average Bonchev–Trinajstić information content (AvgIpc) is 3.32. The number of hydrogen-bond acceptors (Lipinski definition) is 8. The van der Waals surface area contributed by atoms with E-state index in [1.807, 2.05) is 38.6 Å². The second-order valence-corrected chi connectivity index (χ2v) is 16.0. The van der Waals surface area contributed by atoms with Gasteiger partial charge in [-0.25, -0.2) is 14.3 Å². The Hall–Kier alpha value is -2.83. The predicted octanol–water partition coefficient (Wildman–Crippen LogP) is 5.96. The zero-order valence-corrected chi connectivity index (χ0v) is 29.7. The van der Waals surface area contributed by atoms with Crippen LogP contribution in [0.2, 0.25) is 0 Å². The minimum Gasteiger partial charge on any atom is -0.450 e. The highest BCUT2D eigenvalue weighted by Gasteiger charge is 2.54. The number of alkyl carbamates (subject to hydrolysis) is 1. The molecular weight excluding hydrogens is 599 g/mol. The Morgan fingerprint density at radius 1 is 1.13 bits per heavy atom. The lowest BCUT2D eigenvalue weighted by Crippen LogP contribution is -2.41. The van der Waals surface area contributed by atoms with Crippen molar-refractivity contribution in [2.45, 2.75) is 142 Å². The summed E-state index contributed by atoms with van der Waals surface area (Å²) in [4.78, 5) is 27.0. The molecule has 1 aromatic heterocycles. The fourth-order valence-electron chi connectivity index (χ4n) is 7.36. The van der Waals surface area contributed by atoms with Crippen LogP contribution in [0.15, 0.2) is 12.3 Å². The molecule has 1 aliphatic carbocycles. The summed E-state index contributed by atoms with van der Waals surface area (Å²) < 4.78 is 32.6. The number of aromatic nitrogens is 2. The molecule has 0 radical (unpaired) electrons. The molecule has 258 valence electrons. The number of amides is 2. The smallest absolute Gasteiger partial charge is 0.450 e. The largest absolute Gasteiger partial charge is 0.495 e. The van der Waals surface area contributed by atoms with Crippen molar-refractivity contribution in [3.05, 3.63) is 23.4 Å². The Labute approximate surface area is 279 Å².